The van der Waals surface area contributed by atoms with Gasteiger partial charge >= 0.3 is 0 Å². The number of nitriles is 1. The molecule has 0 spiro atoms. The van der Waals surface area contributed by atoms with Gasteiger partial charge in [-0.3, -0.25) is 9.59 Å². The topological polar surface area (TPSA) is 105 Å². The molecule has 0 saturated heterocycles. The molecule has 1 atom stereocenters. The second kappa shape index (κ2) is 8.62. The molecule has 1 aromatic carbocycles. The Morgan fingerprint density at radius 3 is 2.50 bits per heavy atom. The summed E-state index contributed by atoms with van der Waals surface area (Å²) in [5, 5.41) is 11.8. The molecule has 2 amide bonds. The minimum Gasteiger partial charge on any atom is -0.374 e. The highest BCUT2D eigenvalue weighted by Crippen LogP contribution is 2.17. The van der Waals surface area contributed by atoms with E-state index in [1.807, 2.05) is 49.5 Å². The number of amides is 2. The highest BCUT2D eigenvalue weighted by Gasteiger charge is 2.31. The van der Waals surface area contributed by atoms with Crippen LogP contribution in [0.2, 0.25) is 19.1 Å². The van der Waals surface area contributed by atoms with Gasteiger partial charge in [-0.2, -0.15) is 5.26 Å². The van der Waals surface area contributed by atoms with Crippen LogP contribution in [-0.2, 0) is 16.1 Å². The van der Waals surface area contributed by atoms with Crippen LogP contribution < -0.4 is 11.1 Å². The van der Waals surface area contributed by atoms with Crippen molar-refractivity contribution in [2.45, 2.75) is 51.2 Å². The maximum atomic E-state index is 12.2. The summed E-state index contributed by atoms with van der Waals surface area (Å²) in [6.45, 7) is 5.64. The SMILES string of the molecule is CC(CC#N)(NC(=O)CC[Si](C)(C)C(N)=O)OCc1ccccc1. The van der Waals surface area contributed by atoms with Crippen LogP contribution in [0.25, 0.3) is 0 Å². The maximum Gasteiger partial charge on any atom is 0.221 e. The fourth-order valence-corrected chi connectivity index (χ4v) is 3.10. The molecule has 0 radical (unpaired) electrons. The third-order valence-corrected chi connectivity index (χ3v) is 6.70. The monoisotopic (exact) mass is 347 g/mol. The first kappa shape index (κ1) is 19.9. The van der Waals surface area contributed by atoms with E-state index in [1.54, 1.807) is 6.92 Å². The number of rotatable bonds is 9. The predicted octanol–water partition coefficient (Wildman–Crippen LogP) is 2.71. The number of ether oxygens (including phenoxy) is 1. The molecule has 0 bridgehead atoms. The number of hydrogen-bond acceptors (Lipinski definition) is 4. The molecule has 1 unspecified atom stereocenters. The Morgan fingerprint density at radius 2 is 1.96 bits per heavy atom. The summed E-state index contributed by atoms with van der Waals surface area (Å²) in [4.78, 5) is 23.5. The Labute approximate surface area is 144 Å². The fourth-order valence-electron chi connectivity index (χ4n) is 2.01. The van der Waals surface area contributed by atoms with Crippen LogP contribution in [0.5, 0.6) is 0 Å². The van der Waals surface area contributed by atoms with Crippen molar-refractivity contribution < 1.29 is 14.3 Å². The van der Waals surface area contributed by atoms with E-state index in [4.69, 9.17) is 15.7 Å². The molecule has 130 valence electrons. The summed E-state index contributed by atoms with van der Waals surface area (Å²) < 4.78 is 5.77. The minimum atomic E-state index is -2.24. The van der Waals surface area contributed by atoms with Crippen LogP contribution in [0.15, 0.2) is 30.3 Å². The molecular formula is C17H25N3O3Si. The fraction of sp³-hybridized carbons (Fsp3) is 0.471. The summed E-state index contributed by atoms with van der Waals surface area (Å²) >= 11 is 0. The number of carbonyl (C=O) groups is 2. The Morgan fingerprint density at radius 1 is 1.33 bits per heavy atom. The molecule has 7 heteroatoms. The molecule has 0 aliphatic heterocycles. The third-order valence-electron chi connectivity index (χ3n) is 3.86. The molecule has 3 N–H and O–H groups in total. The summed E-state index contributed by atoms with van der Waals surface area (Å²) in [5.74, 6) is -0.248. The molecule has 24 heavy (non-hydrogen) atoms. The molecule has 0 fully saturated rings. The van der Waals surface area contributed by atoms with Crippen molar-refractivity contribution in [2.75, 3.05) is 0 Å². The van der Waals surface area contributed by atoms with Gasteiger partial charge in [-0.05, 0) is 18.5 Å². The van der Waals surface area contributed by atoms with E-state index in [2.05, 4.69) is 5.32 Å². The standard InChI is InChI=1S/C17H25N3O3Si/c1-17(10-11-18,23-13-14-7-5-4-6-8-14)20-15(21)9-12-24(2,3)16(19)22/h4-8H,9-10,12-13H2,1-3H3,(H2,19,22)(H,20,21). The van der Waals surface area contributed by atoms with Crippen LogP contribution in [0.1, 0.15) is 25.3 Å². The van der Waals surface area contributed by atoms with Gasteiger partial charge in [-0.15, -0.1) is 0 Å². The maximum absolute atomic E-state index is 12.2. The number of nitrogens with one attached hydrogen (secondary N) is 1. The lowest BCUT2D eigenvalue weighted by Crippen LogP contribution is -2.49. The van der Waals surface area contributed by atoms with Crippen LogP contribution >= 0.6 is 0 Å². The van der Waals surface area contributed by atoms with Gasteiger partial charge in [0, 0.05) is 6.42 Å². The smallest absolute Gasteiger partial charge is 0.221 e. The van der Waals surface area contributed by atoms with Gasteiger partial charge in [0.15, 0.2) is 19.3 Å². The Kier molecular flexibility index (Phi) is 7.13. The molecule has 0 saturated carbocycles. The first-order chi connectivity index (χ1) is 11.2. The zero-order valence-corrected chi connectivity index (χ0v) is 15.5. The van der Waals surface area contributed by atoms with E-state index in [0.29, 0.717) is 12.7 Å². The van der Waals surface area contributed by atoms with Gasteiger partial charge < -0.3 is 15.8 Å². The summed E-state index contributed by atoms with van der Waals surface area (Å²) in [5.41, 5.74) is 4.94. The molecule has 0 aliphatic carbocycles. The zero-order chi connectivity index (χ0) is 18.2. The molecule has 6 nitrogen and oxygen atoms in total. The highest BCUT2D eigenvalue weighted by atomic mass is 28.3. The van der Waals surface area contributed by atoms with Gasteiger partial charge in [0.05, 0.1) is 19.1 Å². The third kappa shape index (κ3) is 6.52. The van der Waals surface area contributed by atoms with Gasteiger partial charge in [0.25, 0.3) is 0 Å². The second-order valence-corrected chi connectivity index (χ2v) is 11.4. The van der Waals surface area contributed by atoms with Gasteiger partial charge in [-0.1, -0.05) is 43.4 Å². The van der Waals surface area contributed by atoms with Gasteiger partial charge in [0.1, 0.15) is 0 Å². The van der Waals surface area contributed by atoms with E-state index >= 15 is 0 Å². The molecule has 0 aliphatic rings. The van der Waals surface area contributed by atoms with Crippen molar-refractivity contribution >= 4 is 19.5 Å². The average Bonchev–Trinajstić information content (AvgIpc) is 2.52. The Hall–Kier alpha value is -2.17. The number of primary amides is 1. The van der Waals surface area contributed by atoms with Crippen molar-refractivity contribution in [1.29, 1.82) is 5.26 Å². The second-order valence-electron chi connectivity index (χ2n) is 6.64. The number of carbonyl (C=O) groups excluding carboxylic acids is 2. The quantitative estimate of drug-likeness (QED) is 0.529. The summed E-state index contributed by atoms with van der Waals surface area (Å²) in [6, 6.07) is 12.0. The van der Waals surface area contributed by atoms with E-state index in [1.165, 1.54) is 0 Å². The number of nitrogens with zero attached hydrogens (tertiary/aromatic N) is 1. The summed E-state index contributed by atoms with van der Waals surface area (Å²) in [7, 11) is -2.24. The van der Waals surface area contributed by atoms with E-state index in [-0.39, 0.29) is 24.3 Å². The lowest BCUT2D eigenvalue weighted by molar-refractivity contribution is -0.133. The first-order valence-corrected chi connectivity index (χ1v) is 11.0. The predicted molar refractivity (Wildman–Crippen MR) is 94.5 cm³/mol. The number of nitrogens with two attached hydrogens (primary N) is 1. The normalized spacial score (nSPS) is 13.6. The lowest BCUT2D eigenvalue weighted by Gasteiger charge is -2.29. The first-order valence-electron chi connectivity index (χ1n) is 7.84. The van der Waals surface area contributed by atoms with Gasteiger partial charge in [-0.25, -0.2) is 0 Å². The number of hydrogen-bond donors (Lipinski definition) is 2. The lowest BCUT2D eigenvalue weighted by atomic mass is 10.1. The zero-order valence-electron chi connectivity index (χ0n) is 14.5. The Balaban J connectivity index is 2.62. The van der Waals surface area contributed by atoms with Gasteiger partial charge in [0.2, 0.25) is 5.91 Å². The average molecular weight is 347 g/mol. The Bertz CT molecular complexity index is 613. The van der Waals surface area contributed by atoms with E-state index < -0.39 is 13.8 Å². The van der Waals surface area contributed by atoms with E-state index in [0.717, 1.165) is 5.56 Å². The van der Waals surface area contributed by atoms with Crippen LogP contribution in [-0.4, -0.2) is 25.2 Å². The van der Waals surface area contributed by atoms with E-state index in [9.17, 15) is 9.59 Å². The van der Waals surface area contributed by atoms with Crippen LogP contribution in [0.4, 0.5) is 4.79 Å². The largest absolute Gasteiger partial charge is 0.374 e. The molecule has 1 aromatic rings. The van der Waals surface area contributed by atoms with Crippen molar-refractivity contribution in [3.63, 3.8) is 0 Å². The summed E-state index contributed by atoms with van der Waals surface area (Å²) in [6.07, 6.45) is 0.222. The van der Waals surface area contributed by atoms with Crippen LogP contribution in [0.3, 0.4) is 0 Å². The number of benzene rings is 1. The van der Waals surface area contributed by atoms with Crippen molar-refractivity contribution in [2.24, 2.45) is 5.73 Å². The van der Waals surface area contributed by atoms with Crippen molar-refractivity contribution in [3.8, 4) is 6.07 Å². The molecular weight excluding hydrogens is 322 g/mol. The van der Waals surface area contributed by atoms with Crippen molar-refractivity contribution in [3.05, 3.63) is 35.9 Å². The highest BCUT2D eigenvalue weighted by molar-refractivity contribution is 7.04. The minimum absolute atomic E-state index is 0.0300. The molecule has 0 heterocycles. The molecule has 0 aromatic heterocycles. The molecule has 1 rings (SSSR count). The van der Waals surface area contributed by atoms with Crippen LogP contribution in [0, 0.1) is 11.3 Å². The van der Waals surface area contributed by atoms with Crippen molar-refractivity contribution in [1.82, 2.24) is 5.32 Å².